The first-order valence-electron chi connectivity index (χ1n) is 5.48. The molecule has 0 aliphatic carbocycles. The van der Waals surface area contributed by atoms with Crippen molar-refractivity contribution in [1.82, 2.24) is 5.32 Å². The SMILES string of the molecule is COCCCNCC(=O)Nc1ccccc1Br. The van der Waals surface area contributed by atoms with Gasteiger partial charge < -0.3 is 15.4 Å². The second kappa shape index (κ2) is 8.22. The monoisotopic (exact) mass is 300 g/mol. The van der Waals surface area contributed by atoms with E-state index in [9.17, 15) is 4.79 Å². The molecule has 5 heteroatoms. The average Bonchev–Trinajstić information content (AvgIpc) is 2.32. The molecule has 1 aromatic carbocycles. The third kappa shape index (κ3) is 5.81. The number of hydrogen-bond acceptors (Lipinski definition) is 3. The Labute approximate surface area is 110 Å². The highest BCUT2D eigenvalue weighted by atomic mass is 79.9. The number of methoxy groups -OCH3 is 1. The van der Waals surface area contributed by atoms with E-state index in [4.69, 9.17) is 4.74 Å². The van der Waals surface area contributed by atoms with Crippen molar-refractivity contribution >= 4 is 27.5 Å². The van der Waals surface area contributed by atoms with Crippen LogP contribution in [0.1, 0.15) is 6.42 Å². The van der Waals surface area contributed by atoms with Crippen LogP contribution in [0.25, 0.3) is 0 Å². The number of carbonyl (C=O) groups excluding carboxylic acids is 1. The normalized spacial score (nSPS) is 10.2. The lowest BCUT2D eigenvalue weighted by molar-refractivity contribution is -0.115. The second-order valence-electron chi connectivity index (χ2n) is 3.55. The van der Waals surface area contributed by atoms with E-state index in [1.54, 1.807) is 7.11 Å². The highest BCUT2D eigenvalue weighted by Crippen LogP contribution is 2.20. The number of halogens is 1. The number of rotatable bonds is 7. The fraction of sp³-hybridized carbons (Fsp3) is 0.417. The molecule has 0 fully saturated rings. The van der Waals surface area contributed by atoms with E-state index in [1.807, 2.05) is 24.3 Å². The Morgan fingerprint density at radius 3 is 2.88 bits per heavy atom. The van der Waals surface area contributed by atoms with Gasteiger partial charge in [0.25, 0.3) is 0 Å². The fourth-order valence-corrected chi connectivity index (χ4v) is 1.68. The fourth-order valence-electron chi connectivity index (χ4n) is 1.30. The Bertz CT molecular complexity index is 358. The zero-order chi connectivity index (χ0) is 12.5. The van der Waals surface area contributed by atoms with Gasteiger partial charge in [0, 0.05) is 18.2 Å². The zero-order valence-corrected chi connectivity index (χ0v) is 11.4. The number of para-hydroxylation sites is 1. The summed E-state index contributed by atoms with van der Waals surface area (Å²) >= 11 is 3.38. The van der Waals surface area contributed by atoms with Gasteiger partial charge >= 0.3 is 0 Å². The maximum Gasteiger partial charge on any atom is 0.238 e. The van der Waals surface area contributed by atoms with E-state index in [0.717, 1.165) is 23.1 Å². The topological polar surface area (TPSA) is 50.4 Å². The molecule has 2 N–H and O–H groups in total. The number of nitrogens with one attached hydrogen (secondary N) is 2. The van der Waals surface area contributed by atoms with Gasteiger partial charge in [0.1, 0.15) is 0 Å². The predicted molar refractivity (Wildman–Crippen MR) is 72.1 cm³/mol. The van der Waals surface area contributed by atoms with Crippen molar-refractivity contribution in [2.75, 3.05) is 32.1 Å². The quantitative estimate of drug-likeness (QED) is 0.758. The van der Waals surface area contributed by atoms with Gasteiger partial charge in [0.15, 0.2) is 0 Å². The summed E-state index contributed by atoms with van der Waals surface area (Å²) in [6, 6.07) is 7.53. The molecule has 0 saturated heterocycles. The molecule has 0 aliphatic rings. The molecule has 0 radical (unpaired) electrons. The minimum Gasteiger partial charge on any atom is -0.385 e. The molecule has 0 unspecified atom stereocenters. The van der Waals surface area contributed by atoms with Gasteiger partial charge in [-0.05, 0) is 41.0 Å². The smallest absolute Gasteiger partial charge is 0.238 e. The van der Waals surface area contributed by atoms with Gasteiger partial charge in [0.05, 0.1) is 12.2 Å². The second-order valence-corrected chi connectivity index (χ2v) is 4.41. The van der Waals surface area contributed by atoms with Crippen LogP contribution in [0.15, 0.2) is 28.7 Å². The maximum atomic E-state index is 11.6. The first kappa shape index (κ1) is 14.2. The van der Waals surface area contributed by atoms with E-state index >= 15 is 0 Å². The molecule has 0 atom stereocenters. The molecular formula is C12H17BrN2O2. The van der Waals surface area contributed by atoms with Crippen LogP contribution in [-0.2, 0) is 9.53 Å². The number of hydrogen-bond donors (Lipinski definition) is 2. The third-order valence-corrected chi connectivity index (χ3v) is 2.83. The number of amides is 1. The van der Waals surface area contributed by atoms with Crippen LogP contribution in [0.4, 0.5) is 5.69 Å². The van der Waals surface area contributed by atoms with Crippen LogP contribution >= 0.6 is 15.9 Å². The molecule has 0 bridgehead atoms. The van der Waals surface area contributed by atoms with Crippen molar-refractivity contribution in [3.05, 3.63) is 28.7 Å². The van der Waals surface area contributed by atoms with Crippen LogP contribution < -0.4 is 10.6 Å². The predicted octanol–water partition coefficient (Wildman–Crippen LogP) is 2.01. The maximum absolute atomic E-state index is 11.6. The van der Waals surface area contributed by atoms with Gasteiger partial charge in [-0.3, -0.25) is 4.79 Å². The van der Waals surface area contributed by atoms with Crippen LogP contribution in [0.5, 0.6) is 0 Å². The van der Waals surface area contributed by atoms with Gasteiger partial charge in [-0.1, -0.05) is 12.1 Å². The summed E-state index contributed by atoms with van der Waals surface area (Å²) in [6.45, 7) is 1.79. The van der Waals surface area contributed by atoms with E-state index in [2.05, 4.69) is 26.6 Å². The van der Waals surface area contributed by atoms with Crippen molar-refractivity contribution in [2.45, 2.75) is 6.42 Å². The lowest BCUT2D eigenvalue weighted by atomic mass is 10.3. The molecular weight excluding hydrogens is 284 g/mol. The average molecular weight is 301 g/mol. The van der Waals surface area contributed by atoms with Crippen LogP contribution in [0, 0.1) is 0 Å². The standard InChI is InChI=1S/C12H17BrN2O2/c1-17-8-4-7-14-9-12(16)15-11-6-3-2-5-10(11)13/h2-3,5-6,14H,4,7-9H2,1H3,(H,15,16). The highest BCUT2D eigenvalue weighted by molar-refractivity contribution is 9.10. The summed E-state index contributed by atoms with van der Waals surface area (Å²) in [6.07, 6.45) is 0.902. The van der Waals surface area contributed by atoms with Gasteiger partial charge in [-0.25, -0.2) is 0 Å². The van der Waals surface area contributed by atoms with Crippen LogP contribution in [0.2, 0.25) is 0 Å². The van der Waals surface area contributed by atoms with Gasteiger partial charge in [0.2, 0.25) is 5.91 Å². The Morgan fingerprint density at radius 2 is 2.18 bits per heavy atom. The molecule has 17 heavy (non-hydrogen) atoms. The molecule has 1 amide bonds. The molecule has 0 aromatic heterocycles. The first-order chi connectivity index (χ1) is 8.24. The Hall–Kier alpha value is -0.910. The summed E-state index contributed by atoms with van der Waals surface area (Å²) in [5.41, 5.74) is 0.788. The molecule has 0 spiro atoms. The van der Waals surface area contributed by atoms with Crippen LogP contribution in [0.3, 0.4) is 0 Å². The molecule has 1 rings (SSSR count). The van der Waals surface area contributed by atoms with Crippen molar-refractivity contribution in [3.8, 4) is 0 Å². The molecule has 0 aliphatic heterocycles. The number of ether oxygens (including phenoxy) is 1. The molecule has 0 heterocycles. The molecule has 4 nitrogen and oxygen atoms in total. The lowest BCUT2D eigenvalue weighted by Gasteiger charge is -2.08. The van der Waals surface area contributed by atoms with Crippen molar-refractivity contribution in [2.24, 2.45) is 0 Å². The number of carbonyl (C=O) groups is 1. The van der Waals surface area contributed by atoms with Gasteiger partial charge in [-0.15, -0.1) is 0 Å². The summed E-state index contributed by atoms with van der Waals surface area (Å²) in [5, 5.41) is 5.87. The van der Waals surface area contributed by atoms with E-state index in [1.165, 1.54) is 0 Å². The summed E-state index contributed by atoms with van der Waals surface area (Å²) < 4.78 is 5.80. The first-order valence-corrected chi connectivity index (χ1v) is 6.27. The summed E-state index contributed by atoms with van der Waals surface area (Å²) in [7, 11) is 1.67. The zero-order valence-electron chi connectivity index (χ0n) is 9.83. The molecule has 94 valence electrons. The minimum atomic E-state index is -0.0469. The van der Waals surface area contributed by atoms with Gasteiger partial charge in [-0.2, -0.15) is 0 Å². The Morgan fingerprint density at radius 1 is 1.41 bits per heavy atom. The van der Waals surface area contributed by atoms with Crippen molar-refractivity contribution < 1.29 is 9.53 Å². The summed E-state index contributed by atoms with van der Waals surface area (Å²) in [4.78, 5) is 11.6. The highest BCUT2D eigenvalue weighted by Gasteiger charge is 2.03. The summed E-state index contributed by atoms with van der Waals surface area (Å²) in [5.74, 6) is -0.0469. The number of anilines is 1. The van der Waals surface area contributed by atoms with Crippen molar-refractivity contribution in [3.63, 3.8) is 0 Å². The lowest BCUT2D eigenvalue weighted by Crippen LogP contribution is -2.29. The molecule has 0 saturated carbocycles. The van der Waals surface area contributed by atoms with E-state index < -0.39 is 0 Å². The number of benzene rings is 1. The van der Waals surface area contributed by atoms with E-state index in [0.29, 0.717) is 13.2 Å². The Kier molecular flexibility index (Phi) is 6.84. The largest absolute Gasteiger partial charge is 0.385 e. The minimum absolute atomic E-state index is 0.0469. The van der Waals surface area contributed by atoms with Crippen molar-refractivity contribution in [1.29, 1.82) is 0 Å². The Balaban J connectivity index is 2.23. The third-order valence-electron chi connectivity index (χ3n) is 2.14. The molecule has 1 aromatic rings. The van der Waals surface area contributed by atoms with Crippen LogP contribution in [-0.4, -0.2) is 32.7 Å². The van der Waals surface area contributed by atoms with E-state index in [-0.39, 0.29) is 5.91 Å².